The number of aromatic nitrogens is 1. The molecule has 3 atom stereocenters. The molecule has 1 aliphatic rings. The number of ether oxygens (including phenoxy) is 1. The second-order valence-electron chi connectivity index (χ2n) is 5.80. The Balaban J connectivity index is 1.71. The zero-order valence-corrected chi connectivity index (χ0v) is 13.6. The fraction of sp³-hybridized carbons (Fsp3) is 0.333. The van der Waals surface area contributed by atoms with Gasteiger partial charge in [0, 0.05) is 42.2 Å². The Morgan fingerprint density at radius 2 is 2.04 bits per heavy atom. The van der Waals surface area contributed by atoms with Gasteiger partial charge in [-0.05, 0) is 30.7 Å². The summed E-state index contributed by atoms with van der Waals surface area (Å²) in [7, 11) is 0. The third-order valence-corrected chi connectivity index (χ3v) is 4.59. The predicted molar refractivity (Wildman–Crippen MR) is 89.6 cm³/mol. The van der Waals surface area contributed by atoms with Crippen LogP contribution in [0.4, 0.5) is 0 Å². The van der Waals surface area contributed by atoms with Gasteiger partial charge in [-0.3, -0.25) is 0 Å². The summed E-state index contributed by atoms with van der Waals surface area (Å²) in [5.41, 5.74) is 1.80. The summed E-state index contributed by atoms with van der Waals surface area (Å²) in [6.07, 6.45) is 1.55. The molecule has 1 fully saturated rings. The monoisotopic (exact) mass is 327 g/mol. The molecule has 0 radical (unpaired) electrons. The van der Waals surface area contributed by atoms with Gasteiger partial charge in [-0.25, -0.2) is 4.98 Å². The van der Waals surface area contributed by atoms with Crippen molar-refractivity contribution < 1.29 is 4.74 Å². The Hall–Kier alpha value is -2.09. The molecule has 4 nitrogen and oxygen atoms in total. The first-order valence-corrected chi connectivity index (χ1v) is 8.04. The number of nitrogens with one attached hydrogen (secondary N) is 1. The minimum absolute atomic E-state index is 0.0195. The number of hydrogen-bond donors (Lipinski definition) is 1. The molecule has 1 aromatic carbocycles. The van der Waals surface area contributed by atoms with Crippen LogP contribution < -0.4 is 10.1 Å². The lowest BCUT2D eigenvalue weighted by Gasteiger charge is -2.25. The maximum Gasteiger partial charge on any atom is 0.213 e. The third kappa shape index (κ3) is 3.64. The van der Waals surface area contributed by atoms with Gasteiger partial charge in [0.2, 0.25) is 5.88 Å². The van der Waals surface area contributed by atoms with Crippen molar-refractivity contribution in [3.05, 3.63) is 58.7 Å². The summed E-state index contributed by atoms with van der Waals surface area (Å²) in [5, 5.41) is 13.0. The molecule has 1 saturated heterocycles. The predicted octanol–water partition coefficient (Wildman–Crippen LogP) is 3.38. The zero-order chi connectivity index (χ0) is 16.2. The summed E-state index contributed by atoms with van der Waals surface area (Å²) in [5.74, 6) is 1.30. The molecule has 1 aromatic heterocycles. The van der Waals surface area contributed by atoms with Crippen molar-refractivity contribution >= 4 is 11.6 Å². The van der Waals surface area contributed by atoms with Crippen LogP contribution in [0.1, 0.15) is 24.0 Å². The van der Waals surface area contributed by atoms with Crippen LogP contribution in [0.15, 0.2) is 42.6 Å². The maximum atomic E-state index is 8.81. The van der Waals surface area contributed by atoms with E-state index in [1.54, 1.807) is 12.1 Å². The van der Waals surface area contributed by atoms with Gasteiger partial charge >= 0.3 is 0 Å². The van der Waals surface area contributed by atoms with Crippen LogP contribution in [-0.2, 0) is 0 Å². The molecule has 1 aliphatic heterocycles. The summed E-state index contributed by atoms with van der Waals surface area (Å²) in [6, 6.07) is 13.5. The average molecular weight is 328 g/mol. The standard InChI is InChI=1S/C18H18ClN3O/c1-12(23-18-7-2-13(8-20)9-22-18)16-10-21-11-17(16)14-3-5-15(19)6-4-14/h2-7,9,12,16-17,21H,10-11H2,1H3. The fourth-order valence-electron chi connectivity index (χ4n) is 3.06. The number of halogens is 1. The molecule has 1 N–H and O–H groups in total. The van der Waals surface area contributed by atoms with Gasteiger partial charge in [0.25, 0.3) is 0 Å². The van der Waals surface area contributed by atoms with Gasteiger partial charge in [-0.15, -0.1) is 0 Å². The second-order valence-corrected chi connectivity index (χ2v) is 6.24. The summed E-state index contributed by atoms with van der Waals surface area (Å²) < 4.78 is 5.99. The van der Waals surface area contributed by atoms with E-state index in [-0.39, 0.29) is 6.10 Å². The van der Waals surface area contributed by atoms with E-state index in [2.05, 4.69) is 35.4 Å². The molecule has 2 heterocycles. The van der Waals surface area contributed by atoms with Crippen LogP contribution >= 0.6 is 11.6 Å². The molecule has 3 rings (SSSR count). The topological polar surface area (TPSA) is 57.9 Å². The Morgan fingerprint density at radius 1 is 1.26 bits per heavy atom. The molecule has 23 heavy (non-hydrogen) atoms. The largest absolute Gasteiger partial charge is 0.474 e. The maximum absolute atomic E-state index is 8.81. The second kappa shape index (κ2) is 6.99. The number of rotatable bonds is 4. The van der Waals surface area contributed by atoms with Crippen LogP contribution in [0.5, 0.6) is 5.88 Å². The molecule has 0 amide bonds. The van der Waals surface area contributed by atoms with Crippen LogP contribution in [0.2, 0.25) is 5.02 Å². The van der Waals surface area contributed by atoms with Gasteiger partial charge in [-0.1, -0.05) is 23.7 Å². The zero-order valence-electron chi connectivity index (χ0n) is 12.9. The average Bonchev–Trinajstić information content (AvgIpc) is 3.06. The first-order valence-electron chi connectivity index (χ1n) is 7.66. The highest BCUT2D eigenvalue weighted by atomic mass is 35.5. The van der Waals surface area contributed by atoms with Crippen LogP contribution in [0.25, 0.3) is 0 Å². The lowest BCUT2D eigenvalue weighted by atomic mass is 9.86. The van der Waals surface area contributed by atoms with E-state index >= 15 is 0 Å². The van der Waals surface area contributed by atoms with Crippen LogP contribution in [0, 0.1) is 17.2 Å². The number of benzene rings is 1. The number of pyridine rings is 1. The first kappa shape index (κ1) is 15.8. The van der Waals surface area contributed by atoms with Crippen molar-refractivity contribution in [2.45, 2.75) is 18.9 Å². The fourth-order valence-corrected chi connectivity index (χ4v) is 3.19. The van der Waals surface area contributed by atoms with E-state index in [0.717, 1.165) is 18.1 Å². The summed E-state index contributed by atoms with van der Waals surface area (Å²) >= 11 is 5.98. The summed E-state index contributed by atoms with van der Waals surface area (Å²) in [6.45, 7) is 3.91. The van der Waals surface area contributed by atoms with E-state index in [0.29, 0.717) is 23.3 Å². The van der Waals surface area contributed by atoms with Gasteiger partial charge in [0.05, 0.1) is 5.56 Å². The Kier molecular flexibility index (Phi) is 4.80. The molecule has 2 aromatic rings. The lowest BCUT2D eigenvalue weighted by molar-refractivity contribution is 0.145. The lowest BCUT2D eigenvalue weighted by Crippen LogP contribution is -2.29. The first-order chi connectivity index (χ1) is 11.2. The highest BCUT2D eigenvalue weighted by molar-refractivity contribution is 6.30. The number of nitriles is 1. The molecule has 0 aliphatic carbocycles. The summed E-state index contributed by atoms with van der Waals surface area (Å²) in [4.78, 5) is 4.19. The van der Waals surface area contributed by atoms with E-state index in [9.17, 15) is 0 Å². The molecule has 0 saturated carbocycles. The molecular weight excluding hydrogens is 310 g/mol. The Morgan fingerprint density at radius 3 is 2.70 bits per heavy atom. The van der Waals surface area contributed by atoms with Crippen LogP contribution in [-0.4, -0.2) is 24.2 Å². The van der Waals surface area contributed by atoms with Crippen molar-refractivity contribution in [3.8, 4) is 11.9 Å². The highest BCUT2D eigenvalue weighted by Gasteiger charge is 2.33. The van der Waals surface area contributed by atoms with Gasteiger partial charge in [-0.2, -0.15) is 5.26 Å². The van der Waals surface area contributed by atoms with Crippen molar-refractivity contribution in [1.82, 2.24) is 10.3 Å². The van der Waals surface area contributed by atoms with Crippen LogP contribution in [0.3, 0.4) is 0 Å². The number of nitrogens with zero attached hydrogens (tertiary/aromatic N) is 2. The quantitative estimate of drug-likeness (QED) is 0.935. The van der Waals surface area contributed by atoms with Crippen molar-refractivity contribution in [3.63, 3.8) is 0 Å². The van der Waals surface area contributed by atoms with Gasteiger partial charge in [0.15, 0.2) is 0 Å². The van der Waals surface area contributed by atoms with E-state index in [4.69, 9.17) is 21.6 Å². The molecule has 118 valence electrons. The molecular formula is C18H18ClN3O. The molecule has 0 spiro atoms. The molecule has 3 unspecified atom stereocenters. The van der Waals surface area contributed by atoms with Crippen molar-refractivity contribution in [2.24, 2.45) is 5.92 Å². The minimum Gasteiger partial charge on any atom is -0.474 e. The highest BCUT2D eigenvalue weighted by Crippen LogP contribution is 2.32. The van der Waals surface area contributed by atoms with Gasteiger partial charge in [0.1, 0.15) is 12.2 Å². The smallest absolute Gasteiger partial charge is 0.213 e. The SMILES string of the molecule is CC(Oc1ccc(C#N)cn1)C1CNCC1c1ccc(Cl)cc1. The normalized spacial score (nSPS) is 21.6. The molecule has 5 heteroatoms. The Labute approximate surface area is 141 Å². The number of hydrogen-bond acceptors (Lipinski definition) is 4. The van der Waals surface area contributed by atoms with E-state index < -0.39 is 0 Å². The minimum atomic E-state index is 0.0195. The Bertz CT molecular complexity index is 694. The van der Waals surface area contributed by atoms with Crippen molar-refractivity contribution in [2.75, 3.05) is 13.1 Å². The van der Waals surface area contributed by atoms with Crippen molar-refractivity contribution in [1.29, 1.82) is 5.26 Å². The van der Waals surface area contributed by atoms with E-state index in [1.165, 1.54) is 11.8 Å². The molecule has 0 bridgehead atoms. The van der Waals surface area contributed by atoms with E-state index in [1.807, 2.05) is 12.1 Å². The van der Waals surface area contributed by atoms with Gasteiger partial charge < -0.3 is 10.1 Å². The third-order valence-electron chi connectivity index (χ3n) is 4.33.